The molecule has 0 radical (unpaired) electrons. The van der Waals surface area contributed by atoms with E-state index >= 15 is 0 Å². The number of amides is 1. The van der Waals surface area contributed by atoms with Crippen LogP contribution in [0.5, 0.6) is 0 Å². The predicted octanol–water partition coefficient (Wildman–Crippen LogP) is 6.74. The van der Waals surface area contributed by atoms with Crippen molar-refractivity contribution in [1.29, 1.82) is 0 Å². The number of nitrogens with zero attached hydrogens (tertiary/aromatic N) is 1. The molecule has 0 atom stereocenters. The number of hydrogen-bond donors (Lipinski definition) is 2. The Hall–Kier alpha value is -4.38. The minimum atomic E-state index is -4.14. The van der Waals surface area contributed by atoms with Crippen LogP contribution in [0.4, 0.5) is 17.1 Å². The lowest BCUT2D eigenvalue weighted by Gasteiger charge is -2.26. The number of carbonyl (C=O) groups is 1. The zero-order valence-electron chi connectivity index (χ0n) is 23.3. The summed E-state index contributed by atoms with van der Waals surface area (Å²) in [7, 11) is -8.07. The largest absolute Gasteiger partial charge is 0.325 e. The molecule has 0 aliphatic rings. The molecule has 0 fully saturated rings. The summed E-state index contributed by atoms with van der Waals surface area (Å²) >= 11 is 6.30. The first-order valence-electron chi connectivity index (χ1n) is 13.2. The molecular formula is C32H28ClN3O5S2. The van der Waals surface area contributed by atoms with E-state index in [0.29, 0.717) is 22.0 Å². The average molecular weight is 634 g/mol. The fourth-order valence-electron chi connectivity index (χ4n) is 4.57. The van der Waals surface area contributed by atoms with Crippen LogP contribution in [0.25, 0.3) is 10.8 Å². The molecule has 43 heavy (non-hydrogen) atoms. The van der Waals surface area contributed by atoms with Crippen molar-refractivity contribution in [2.75, 3.05) is 20.9 Å². The molecule has 0 heterocycles. The molecule has 0 bridgehead atoms. The van der Waals surface area contributed by atoms with Gasteiger partial charge in [0.05, 0.1) is 21.2 Å². The Labute approximate surface area is 256 Å². The Morgan fingerprint density at radius 2 is 1.37 bits per heavy atom. The van der Waals surface area contributed by atoms with Crippen LogP contribution in [0.15, 0.2) is 119 Å². The summed E-state index contributed by atoms with van der Waals surface area (Å²) in [6.07, 6.45) is 0. The number of rotatable bonds is 9. The van der Waals surface area contributed by atoms with Gasteiger partial charge in [0.2, 0.25) is 5.91 Å². The van der Waals surface area contributed by atoms with Gasteiger partial charge in [-0.15, -0.1) is 0 Å². The number of benzene rings is 5. The van der Waals surface area contributed by atoms with E-state index in [9.17, 15) is 21.6 Å². The van der Waals surface area contributed by atoms with Gasteiger partial charge in [-0.25, -0.2) is 16.8 Å². The number of sulfonamides is 2. The molecule has 0 saturated heterocycles. The van der Waals surface area contributed by atoms with Gasteiger partial charge < -0.3 is 5.32 Å². The number of halogens is 1. The molecule has 5 aromatic rings. The Balaban J connectivity index is 1.37. The summed E-state index contributed by atoms with van der Waals surface area (Å²) in [5.74, 6) is -0.625. The van der Waals surface area contributed by atoms with Crippen molar-refractivity contribution in [3.8, 4) is 0 Å². The molecule has 0 saturated carbocycles. The molecule has 0 unspecified atom stereocenters. The van der Waals surface area contributed by atoms with Crippen molar-refractivity contribution in [3.63, 3.8) is 0 Å². The van der Waals surface area contributed by atoms with Crippen molar-refractivity contribution < 1.29 is 21.6 Å². The van der Waals surface area contributed by atoms with Gasteiger partial charge in [0.15, 0.2) is 0 Å². The van der Waals surface area contributed by atoms with Gasteiger partial charge in [-0.2, -0.15) is 0 Å². The monoisotopic (exact) mass is 633 g/mol. The number of anilines is 3. The Morgan fingerprint density at radius 3 is 2.09 bits per heavy atom. The fraction of sp³-hybridized carbons (Fsp3) is 0.0938. The van der Waals surface area contributed by atoms with E-state index in [1.807, 2.05) is 37.3 Å². The number of fused-ring (bicyclic) bond motifs is 1. The highest BCUT2D eigenvalue weighted by Crippen LogP contribution is 2.31. The summed E-state index contributed by atoms with van der Waals surface area (Å²) in [5.41, 5.74) is 2.40. The summed E-state index contributed by atoms with van der Waals surface area (Å²) in [4.78, 5) is 13.2. The van der Waals surface area contributed by atoms with Gasteiger partial charge in [0.1, 0.15) is 6.54 Å². The molecule has 0 spiro atoms. The predicted molar refractivity (Wildman–Crippen MR) is 172 cm³/mol. The first-order valence-corrected chi connectivity index (χ1v) is 16.5. The van der Waals surface area contributed by atoms with E-state index in [0.717, 1.165) is 20.6 Å². The third-order valence-corrected chi connectivity index (χ3v) is 10.5. The fourth-order valence-corrected chi connectivity index (χ4v) is 7.30. The molecule has 1 amide bonds. The maximum Gasteiger partial charge on any atom is 0.264 e. The van der Waals surface area contributed by atoms with E-state index in [-0.39, 0.29) is 15.5 Å². The number of nitrogens with one attached hydrogen (secondary N) is 2. The first-order chi connectivity index (χ1) is 20.5. The molecule has 5 rings (SSSR count). The Bertz CT molecular complexity index is 2030. The van der Waals surface area contributed by atoms with Crippen LogP contribution >= 0.6 is 11.6 Å². The minimum Gasteiger partial charge on any atom is -0.325 e. The van der Waals surface area contributed by atoms with Crippen LogP contribution in [0.2, 0.25) is 5.02 Å². The van der Waals surface area contributed by atoms with Crippen LogP contribution in [0.1, 0.15) is 11.1 Å². The lowest BCUT2D eigenvalue weighted by Crippen LogP contribution is -2.38. The highest BCUT2D eigenvalue weighted by Gasteiger charge is 2.29. The standard InChI is InChI=1S/C32H28ClN3O5S2/c1-22-13-17-27(18-14-22)43(40,41)36(31-12-6-10-29(33)23(31)2)21-32(37)34-25-15-19-26(20-16-25)42(38,39)35-30-11-5-8-24-7-3-4-9-28(24)30/h3-20,35H,21H2,1-2H3,(H,34,37). The van der Waals surface area contributed by atoms with Gasteiger partial charge >= 0.3 is 0 Å². The molecule has 0 aliphatic heterocycles. The minimum absolute atomic E-state index is 0.00318. The number of aryl methyl sites for hydroxylation is 1. The summed E-state index contributed by atoms with van der Waals surface area (Å²) in [6, 6.07) is 29.6. The quantitative estimate of drug-likeness (QED) is 0.187. The summed E-state index contributed by atoms with van der Waals surface area (Å²) in [5, 5.41) is 4.68. The second-order valence-corrected chi connectivity index (χ2v) is 13.9. The maximum absolute atomic E-state index is 13.7. The SMILES string of the molecule is Cc1ccc(S(=O)(=O)N(CC(=O)Nc2ccc(S(=O)(=O)Nc3cccc4ccccc34)cc2)c2cccc(Cl)c2C)cc1. The van der Waals surface area contributed by atoms with Crippen molar-refractivity contribution in [3.05, 3.63) is 125 Å². The van der Waals surface area contributed by atoms with Gasteiger partial charge in [0.25, 0.3) is 20.0 Å². The zero-order chi connectivity index (χ0) is 30.8. The van der Waals surface area contributed by atoms with E-state index < -0.39 is 32.5 Å². The van der Waals surface area contributed by atoms with Crippen LogP contribution in [-0.2, 0) is 24.8 Å². The molecule has 0 aromatic heterocycles. The highest BCUT2D eigenvalue weighted by molar-refractivity contribution is 7.93. The first kappa shape index (κ1) is 30.1. The second-order valence-electron chi connectivity index (χ2n) is 9.91. The average Bonchev–Trinajstić information content (AvgIpc) is 2.98. The van der Waals surface area contributed by atoms with E-state index in [2.05, 4.69) is 10.0 Å². The van der Waals surface area contributed by atoms with Gasteiger partial charge in [-0.3, -0.25) is 13.8 Å². The maximum atomic E-state index is 13.7. The normalized spacial score (nSPS) is 11.7. The van der Waals surface area contributed by atoms with Crippen molar-refractivity contribution in [2.24, 2.45) is 0 Å². The lowest BCUT2D eigenvalue weighted by atomic mass is 10.1. The molecule has 5 aromatic carbocycles. The van der Waals surface area contributed by atoms with E-state index in [4.69, 9.17) is 11.6 Å². The lowest BCUT2D eigenvalue weighted by molar-refractivity contribution is -0.114. The zero-order valence-corrected chi connectivity index (χ0v) is 25.7. The second kappa shape index (κ2) is 12.1. The topological polar surface area (TPSA) is 113 Å². The molecule has 8 nitrogen and oxygen atoms in total. The van der Waals surface area contributed by atoms with Crippen LogP contribution in [-0.4, -0.2) is 29.3 Å². The number of hydrogen-bond acceptors (Lipinski definition) is 5. The van der Waals surface area contributed by atoms with Crippen molar-refractivity contribution in [2.45, 2.75) is 23.6 Å². The number of carbonyl (C=O) groups excluding carboxylic acids is 1. The smallest absolute Gasteiger partial charge is 0.264 e. The third-order valence-electron chi connectivity index (χ3n) is 6.89. The third kappa shape index (κ3) is 6.51. The van der Waals surface area contributed by atoms with Gasteiger partial charge in [0, 0.05) is 16.1 Å². The van der Waals surface area contributed by atoms with Gasteiger partial charge in [-0.1, -0.05) is 71.8 Å². The molecular weight excluding hydrogens is 606 g/mol. The molecule has 220 valence electrons. The van der Waals surface area contributed by atoms with E-state index in [1.54, 1.807) is 49.4 Å². The van der Waals surface area contributed by atoms with Gasteiger partial charge in [-0.05, 0) is 79.4 Å². The highest BCUT2D eigenvalue weighted by atomic mass is 35.5. The van der Waals surface area contributed by atoms with Crippen LogP contribution < -0.4 is 14.3 Å². The summed E-state index contributed by atoms with van der Waals surface area (Å²) in [6.45, 7) is 2.98. The van der Waals surface area contributed by atoms with Crippen LogP contribution in [0, 0.1) is 13.8 Å². The van der Waals surface area contributed by atoms with Crippen molar-refractivity contribution >= 4 is 65.4 Å². The summed E-state index contributed by atoms with van der Waals surface area (Å²) < 4.78 is 57.3. The molecule has 11 heteroatoms. The molecule has 0 aliphatic carbocycles. The van der Waals surface area contributed by atoms with Crippen molar-refractivity contribution in [1.82, 2.24) is 0 Å². The Morgan fingerprint density at radius 1 is 0.744 bits per heavy atom. The van der Waals surface area contributed by atoms with E-state index in [1.165, 1.54) is 36.4 Å². The van der Waals surface area contributed by atoms with Crippen LogP contribution in [0.3, 0.4) is 0 Å². The molecule has 2 N–H and O–H groups in total. The Kier molecular flexibility index (Phi) is 8.45.